The van der Waals surface area contributed by atoms with Gasteiger partial charge in [0, 0.05) is 17.8 Å². The van der Waals surface area contributed by atoms with Gasteiger partial charge in [0.05, 0.1) is 17.5 Å². The fourth-order valence-corrected chi connectivity index (χ4v) is 3.12. The Morgan fingerprint density at radius 2 is 1.91 bits per heavy atom. The van der Waals surface area contributed by atoms with Gasteiger partial charge in [-0.15, -0.1) is 0 Å². The van der Waals surface area contributed by atoms with E-state index in [1.165, 1.54) is 32.1 Å². The van der Waals surface area contributed by atoms with Gasteiger partial charge >= 0.3 is 0 Å². The van der Waals surface area contributed by atoms with Crippen molar-refractivity contribution in [2.45, 2.75) is 65.0 Å². The molecule has 124 valence electrons. The predicted molar refractivity (Wildman–Crippen MR) is 89.8 cm³/mol. The molecule has 0 amide bonds. The molecule has 2 aromatic heterocycles. The van der Waals surface area contributed by atoms with E-state index in [1.54, 1.807) is 11.6 Å². The van der Waals surface area contributed by atoms with Crippen LogP contribution in [-0.2, 0) is 0 Å². The molecular formula is C17H25N5O. The van der Waals surface area contributed by atoms with Gasteiger partial charge in [0.15, 0.2) is 0 Å². The molecular weight excluding hydrogens is 290 g/mol. The Labute approximate surface area is 137 Å². The average Bonchev–Trinajstić information content (AvgIpc) is 2.86. The third kappa shape index (κ3) is 3.69. The summed E-state index contributed by atoms with van der Waals surface area (Å²) < 4.78 is 1.73. The van der Waals surface area contributed by atoms with E-state index in [0.29, 0.717) is 17.7 Å². The van der Waals surface area contributed by atoms with Crippen LogP contribution in [-0.4, -0.2) is 30.9 Å². The van der Waals surface area contributed by atoms with Crippen LogP contribution in [0.5, 0.6) is 0 Å². The Kier molecular flexibility index (Phi) is 4.61. The molecule has 0 saturated heterocycles. The van der Waals surface area contributed by atoms with Crippen molar-refractivity contribution in [3.63, 3.8) is 0 Å². The second-order valence-corrected chi connectivity index (χ2v) is 6.47. The van der Waals surface area contributed by atoms with Gasteiger partial charge in [-0.05, 0) is 39.7 Å². The monoisotopic (exact) mass is 315 g/mol. The molecule has 1 atom stereocenters. The number of rotatable bonds is 4. The van der Waals surface area contributed by atoms with E-state index in [-0.39, 0.29) is 0 Å². The summed E-state index contributed by atoms with van der Waals surface area (Å²) in [6, 6.07) is 4.29. The molecule has 1 aliphatic carbocycles. The molecule has 0 spiro atoms. The Hall–Kier alpha value is -1.95. The van der Waals surface area contributed by atoms with Crippen molar-refractivity contribution < 1.29 is 5.11 Å². The highest BCUT2D eigenvalue weighted by atomic mass is 16.3. The van der Waals surface area contributed by atoms with E-state index in [4.69, 9.17) is 0 Å². The maximum absolute atomic E-state index is 9.95. The molecule has 6 heteroatoms. The van der Waals surface area contributed by atoms with Gasteiger partial charge in [-0.2, -0.15) is 10.1 Å². The molecule has 1 saturated carbocycles. The Bertz CT molecular complexity index is 674. The SMILES string of the molecule is Cc1cc(C)n(-c2nc(NC3CCCCC3)cc(C(C)O)n2)n1. The number of nitrogens with one attached hydrogen (secondary N) is 1. The fourth-order valence-electron chi connectivity index (χ4n) is 3.12. The molecule has 0 aliphatic heterocycles. The number of nitrogens with zero attached hydrogens (tertiary/aromatic N) is 4. The second kappa shape index (κ2) is 6.66. The zero-order chi connectivity index (χ0) is 16.4. The van der Waals surface area contributed by atoms with Gasteiger partial charge < -0.3 is 10.4 Å². The number of aromatic nitrogens is 4. The largest absolute Gasteiger partial charge is 0.387 e. The fraction of sp³-hybridized carbons (Fsp3) is 0.588. The first-order valence-electron chi connectivity index (χ1n) is 8.40. The van der Waals surface area contributed by atoms with E-state index in [1.807, 2.05) is 26.0 Å². The smallest absolute Gasteiger partial charge is 0.253 e. The highest BCUT2D eigenvalue weighted by molar-refractivity contribution is 5.40. The molecule has 23 heavy (non-hydrogen) atoms. The van der Waals surface area contributed by atoms with Gasteiger partial charge in [0.1, 0.15) is 5.82 Å². The molecule has 2 N–H and O–H groups in total. The lowest BCUT2D eigenvalue weighted by molar-refractivity contribution is 0.194. The molecule has 0 aromatic carbocycles. The van der Waals surface area contributed by atoms with Gasteiger partial charge in [-0.3, -0.25) is 0 Å². The van der Waals surface area contributed by atoms with Crippen LogP contribution in [0.3, 0.4) is 0 Å². The van der Waals surface area contributed by atoms with E-state index in [2.05, 4.69) is 20.4 Å². The van der Waals surface area contributed by atoms with Gasteiger partial charge in [0.2, 0.25) is 0 Å². The molecule has 0 bridgehead atoms. The molecule has 1 fully saturated rings. The Morgan fingerprint density at radius 3 is 2.52 bits per heavy atom. The zero-order valence-corrected chi connectivity index (χ0v) is 14.1. The van der Waals surface area contributed by atoms with Crippen LogP contribution < -0.4 is 5.32 Å². The average molecular weight is 315 g/mol. The summed E-state index contributed by atoms with van der Waals surface area (Å²) in [5, 5.41) is 17.9. The van der Waals surface area contributed by atoms with Crippen LogP contribution in [0.4, 0.5) is 5.82 Å². The second-order valence-electron chi connectivity index (χ2n) is 6.47. The molecule has 2 aromatic rings. The van der Waals surface area contributed by atoms with Crippen LogP contribution in [0.15, 0.2) is 12.1 Å². The van der Waals surface area contributed by atoms with Gasteiger partial charge in [0.25, 0.3) is 5.95 Å². The van der Waals surface area contributed by atoms with Crippen LogP contribution in [0, 0.1) is 13.8 Å². The molecule has 2 heterocycles. The van der Waals surface area contributed by atoms with Crippen molar-refractivity contribution in [2.75, 3.05) is 5.32 Å². The van der Waals surface area contributed by atoms with E-state index in [0.717, 1.165) is 17.2 Å². The summed E-state index contributed by atoms with van der Waals surface area (Å²) in [5.41, 5.74) is 2.52. The zero-order valence-electron chi connectivity index (χ0n) is 14.1. The van der Waals surface area contributed by atoms with Crippen LogP contribution in [0.2, 0.25) is 0 Å². The lowest BCUT2D eigenvalue weighted by Gasteiger charge is -2.23. The summed E-state index contributed by atoms with van der Waals surface area (Å²) in [7, 11) is 0. The van der Waals surface area contributed by atoms with Crippen molar-refractivity contribution >= 4 is 5.82 Å². The van der Waals surface area contributed by atoms with Gasteiger partial charge in [-0.1, -0.05) is 19.3 Å². The van der Waals surface area contributed by atoms with Crippen molar-refractivity contribution in [3.8, 4) is 5.95 Å². The van der Waals surface area contributed by atoms with E-state index in [9.17, 15) is 5.11 Å². The van der Waals surface area contributed by atoms with Crippen LogP contribution in [0.25, 0.3) is 5.95 Å². The minimum Gasteiger partial charge on any atom is -0.387 e. The maximum Gasteiger partial charge on any atom is 0.253 e. The standard InChI is InChI=1S/C17H25N5O/c1-11-9-12(2)22(21-11)17-19-15(13(3)23)10-16(20-17)18-14-7-5-4-6-8-14/h9-10,13-14,23H,4-8H2,1-3H3,(H,18,19,20). The summed E-state index contributed by atoms with van der Waals surface area (Å²) in [6.45, 7) is 5.65. The molecule has 0 radical (unpaired) electrons. The molecule has 1 aliphatic rings. The quantitative estimate of drug-likeness (QED) is 0.907. The normalized spacial score (nSPS) is 17.2. The highest BCUT2D eigenvalue weighted by Gasteiger charge is 2.17. The van der Waals surface area contributed by atoms with Crippen LogP contribution in [0.1, 0.15) is 62.2 Å². The third-order valence-corrected chi connectivity index (χ3v) is 4.32. The lowest BCUT2D eigenvalue weighted by atomic mass is 9.95. The molecule has 3 rings (SSSR count). The number of aryl methyl sites for hydroxylation is 2. The number of anilines is 1. The Morgan fingerprint density at radius 1 is 1.17 bits per heavy atom. The number of aliphatic hydroxyl groups is 1. The van der Waals surface area contributed by atoms with Crippen molar-refractivity contribution in [1.29, 1.82) is 0 Å². The predicted octanol–water partition coefficient (Wildman–Crippen LogP) is 3.08. The van der Waals surface area contributed by atoms with Crippen LogP contribution >= 0.6 is 0 Å². The topological polar surface area (TPSA) is 75.9 Å². The van der Waals surface area contributed by atoms with Crippen molar-refractivity contribution in [2.24, 2.45) is 0 Å². The highest BCUT2D eigenvalue weighted by Crippen LogP contribution is 2.23. The summed E-state index contributed by atoms with van der Waals surface area (Å²) in [6.07, 6.45) is 5.54. The molecule has 6 nitrogen and oxygen atoms in total. The number of aliphatic hydroxyl groups excluding tert-OH is 1. The summed E-state index contributed by atoms with van der Waals surface area (Å²) in [5.74, 6) is 1.28. The van der Waals surface area contributed by atoms with E-state index >= 15 is 0 Å². The first-order chi connectivity index (χ1) is 11.0. The van der Waals surface area contributed by atoms with E-state index < -0.39 is 6.10 Å². The Balaban J connectivity index is 1.94. The van der Waals surface area contributed by atoms with Gasteiger partial charge in [-0.25, -0.2) is 9.67 Å². The lowest BCUT2D eigenvalue weighted by Crippen LogP contribution is -2.23. The van der Waals surface area contributed by atoms with Crippen molar-refractivity contribution in [3.05, 3.63) is 29.2 Å². The number of hydrogen-bond acceptors (Lipinski definition) is 5. The first-order valence-corrected chi connectivity index (χ1v) is 8.40. The maximum atomic E-state index is 9.95. The minimum absolute atomic E-state index is 0.453. The third-order valence-electron chi connectivity index (χ3n) is 4.32. The molecule has 1 unspecified atom stereocenters. The summed E-state index contributed by atoms with van der Waals surface area (Å²) in [4.78, 5) is 9.09. The minimum atomic E-state index is -0.638. The van der Waals surface area contributed by atoms with Crippen molar-refractivity contribution in [1.82, 2.24) is 19.7 Å². The summed E-state index contributed by atoms with van der Waals surface area (Å²) >= 11 is 0. The first kappa shape index (κ1) is 15.9. The number of hydrogen-bond donors (Lipinski definition) is 2.